The topological polar surface area (TPSA) is 58.4 Å². The quantitative estimate of drug-likeness (QED) is 0.831. The predicted octanol–water partition coefficient (Wildman–Crippen LogP) is 1.24. The van der Waals surface area contributed by atoms with Crippen LogP contribution in [0.1, 0.15) is 18.5 Å². The van der Waals surface area contributed by atoms with Crippen molar-refractivity contribution in [2.24, 2.45) is 5.73 Å². The van der Waals surface area contributed by atoms with Crippen LogP contribution >= 0.6 is 0 Å². The van der Waals surface area contributed by atoms with Crippen LogP contribution in [0.15, 0.2) is 24.3 Å². The van der Waals surface area contributed by atoms with Crippen molar-refractivity contribution in [3.8, 4) is 0 Å². The fourth-order valence-electron chi connectivity index (χ4n) is 1.98. The van der Waals surface area contributed by atoms with Crippen molar-refractivity contribution in [1.29, 1.82) is 0 Å². The zero-order valence-corrected chi connectivity index (χ0v) is 9.69. The molecule has 0 radical (unpaired) electrons. The standard InChI is InChI=1S/C12H16FN3O/c1-8(6-14)16-7-11(15-12(16)17)9-3-2-4-10(13)5-9/h2-5,8,11H,6-7,14H2,1H3,(H,15,17). The summed E-state index contributed by atoms with van der Waals surface area (Å²) in [5.74, 6) is -0.290. The highest BCUT2D eigenvalue weighted by atomic mass is 19.1. The Labute approximate surface area is 99.6 Å². The van der Waals surface area contributed by atoms with E-state index in [1.54, 1.807) is 11.0 Å². The number of rotatable bonds is 3. The van der Waals surface area contributed by atoms with E-state index in [-0.39, 0.29) is 23.9 Å². The minimum Gasteiger partial charge on any atom is -0.329 e. The average Bonchev–Trinajstić information content (AvgIpc) is 2.70. The van der Waals surface area contributed by atoms with E-state index < -0.39 is 0 Å². The lowest BCUT2D eigenvalue weighted by atomic mass is 10.1. The number of hydrogen-bond acceptors (Lipinski definition) is 2. The van der Waals surface area contributed by atoms with Gasteiger partial charge in [0.05, 0.1) is 6.04 Å². The van der Waals surface area contributed by atoms with Gasteiger partial charge in [-0.3, -0.25) is 0 Å². The van der Waals surface area contributed by atoms with Crippen molar-refractivity contribution in [2.75, 3.05) is 13.1 Å². The fourth-order valence-corrected chi connectivity index (χ4v) is 1.98. The highest BCUT2D eigenvalue weighted by Gasteiger charge is 2.32. The smallest absolute Gasteiger partial charge is 0.318 e. The minimum absolute atomic E-state index is 0.00596. The van der Waals surface area contributed by atoms with Crippen LogP contribution < -0.4 is 11.1 Å². The van der Waals surface area contributed by atoms with Crippen molar-refractivity contribution >= 4 is 6.03 Å². The van der Waals surface area contributed by atoms with Crippen LogP contribution in [-0.4, -0.2) is 30.1 Å². The van der Waals surface area contributed by atoms with Gasteiger partial charge >= 0.3 is 6.03 Å². The Hall–Kier alpha value is -1.62. The molecule has 92 valence electrons. The Bertz CT molecular complexity index is 424. The summed E-state index contributed by atoms with van der Waals surface area (Å²) in [6.07, 6.45) is 0. The third kappa shape index (κ3) is 2.39. The van der Waals surface area contributed by atoms with Crippen molar-refractivity contribution in [2.45, 2.75) is 19.0 Å². The molecule has 1 aliphatic rings. The van der Waals surface area contributed by atoms with Crippen LogP contribution in [0.2, 0.25) is 0 Å². The number of carbonyl (C=O) groups is 1. The summed E-state index contributed by atoms with van der Waals surface area (Å²) in [7, 11) is 0. The number of benzene rings is 1. The molecule has 4 nitrogen and oxygen atoms in total. The Morgan fingerprint density at radius 3 is 3.06 bits per heavy atom. The zero-order chi connectivity index (χ0) is 12.4. The molecule has 1 aromatic rings. The molecule has 17 heavy (non-hydrogen) atoms. The molecule has 5 heteroatoms. The van der Waals surface area contributed by atoms with Crippen LogP contribution in [0.25, 0.3) is 0 Å². The van der Waals surface area contributed by atoms with Crippen molar-refractivity contribution in [3.63, 3.8) is 0 Å². The number of urea groups is 1. The molecule has 1 fully saturated rings. The summed E-state index contributed by atoms with van der Waals surface area (Å²) in [4.78, 5) is 13.4. The summed E-state index contributed by atoms with van der Waals surface area (Å²) in [6.45, 7) is 2.84. The van der Waals surface area contributed by atoms with Gasteiger partial charge in [-0.1, -0.05) is 12.1 Å². The highest BCUT2D eigenvalue weighted by molar-refractivity contribution is 5.77. The number of amides is 2. The van der Waals surface area contributed by atoms with Gasteiger partial charge in [-0.25, -0.2) is 9.18 Å². The molecule has 1 heterocycles. The third-order valence-corrected chi connectivity index (χ3v) is 3.06. The normalized spacial score (nSPS) is 21.5. The van der Waals surface area contributed by atoms with Gasteiger partial charge in [-0.2, -0.15) is 0 Å². The van der Waals surface area contributed by atoms with Crippen LogP contribution in [0.4, 0.5) is 9.18 Å². The fraction of sp³-hybridized carbons (Fsp3) is 0.417. The molecule has 2 atom stereocenters. The molecule has 2 unspecified atom stereocenters. The summed E-state index contributed by atoms with van der Waals surface area (Å²) in [6, 6.07) is 5.98. The Balaban J connectivity index is 2.13. The molecule has 0 bridgehead atoms. The Morgan fingerprint density at radius 1 is 1.65 bits per heavy atom. The lowest BCUT2D eigenvalue weighted by Crippen LogP contribution is -2.40. The van der Waals surface area contributed by atoms with E-state index in [2.05, 4.69) is 5.32 Å². The van der Waals surface area contributed by atoms with Gasteiger partial charge in [0.2, 0.25) is 0 Å². The molecule has 1 aromatic carbocycles. The largest absolute Gasteiger partial charge is 0.329 e. The molecule has 0 saturated carbocycles. The third-order valence-electron chi connectivity index (χ3n) is 3.06. The molecule has 1 aliphatic heterocycles. The van der Waals surface area contributed by atoms with Crippen LogP contribution in [0, 0.1) is 5.82 Å². The van der Waals surface area contributed by atoms with E-state index in [4.69, 9.17) is 5.73 Å². The number of nitrogens with one attached hydrogen (secondary N) is 1. The van der Waals surface area contributed by atoms with Crippen LogP contribution in [0.3, 0.4) is 0 Å². The second-order valence-electron chi connectivity index (χ2n) is 4.29. The van der Waals surface area contributed by atoms with Gasteiger partial charge in [0, 0.05) is 19.1 Å². The molecule has 2 rings (SSSR count). The van der Waals surface area contributed by atoms with Crippen molar-refractivity contribution in [3.05, 3.63) is 35.6 Å². The molecule has 3 N–H and O–H groups in total. The summed E-state index contributed by atoms with van der Waals surface area (Å²) in [5.41, 5.74) is 6.32. The van der Waals surface area contributed by atoms with E-state index in [0.717, 1.165) is 5.56 Å². The molecule has 0 spiro atoms. The maximum absolute atomic E-state index is 13.1. The van der Waals surface area contributed by atoms with Gasteiger partial charge in [0.1, 0.15) is 5.82 Å². The van der Waals surface area contributed by atoms with Gasteiger partial charge in [0.15, 0.2) is 0 Å². The first-order valence-electron chi connectivity index (χ1n) is 5.64. The first kappa shape index (κ1) is 11.9. The monoisotopic (exact) mass is 237 g/mol. The first-order valence-corrected chi connectivity index (χ1v) is 5.64. The summed E-state index contributed by atoms with van der Waals surface area (Å²) in [5, 5.41) is 2.83. The zero-order valence-electron chi connectivity index (χ0n) is 9.69. The Morgan fingerprint density at radius 2 is 2.41 bits per heavy atom. The molecule has 1 saturated heterocycles. The second-order valence-corrected chi connectivity index (χ2v) is 4.29. The van der Waals surface area contributed by atoms with Crippen LogP contribution in [-0.2, 0) is 0 Å². The number of carbonyl (C=O) groups excluding carboxylic acids is 1. The number of hydrogen-bond donors (Lipinski definition) is 2. The van der Waals surface area contributed by atoms with E-state index in [1.807, 2.05) is 13.0 Å². The van der Waals surface area contributed by atoms with Gasteiger partial charge in [-0.15, -0.1) is 0 Å². The average molecular weight is 237 g/mol. The summed E-state index contributed by atoms with van der Waals surface area (Å²) < 4.78 is 13.1. The van der Waals surface area contributed by atoms with Crippen molar-refractivity contribution < 1.29 is 9.18 Å². The molecular formula is C12H16FN3O. The van der Waals surface area contributed by atoms with Gasteiger partial charge < -0.3 is 16.0 Å². The maximum atomic E-state index is 13.1. The van der Waals surface area contributed by atoms with E-state index in [9.17, 15) is 9.18 Å². The predicted molar refractivity (Wildman–Crippen MR) is 62.9 cm³/mol. The van der Waals surface area contributed by atoms with Gasteiger partial charge in [-0.05, 0) is 24.6 Å². The summed E-state index contributed by atoms with van der Waals surface area (Å²) >= 11 is 0. The molecule has 0 aromatic heterocycles. The minimum atomic E-state index is -0.290. The number of nitrogens with two attached hydrogens (primary N) is 1. The van der Waals surface area contributed by atoms with Crippen LogP contribution in [0.5, 0.6) is 0 Å². The van der Waals surface area contributed by atoms with Gasteiger partial charge in [0.25, 0.3) is 0 Å². The second kappa shape index (κ2) is 4.71. The van der Waals surface area contributed by atoms with E-state index >= 15 is 0 Å². The number of halogens is 1. The molecular weight excluding hydrogens is 221 g/mol. The maximum Gasteiger partial charge on any atom is 0.318 e. The Kier molecular flexibility index (Phi) is 3.28. The lowest BCUT2D eigenvalue weighted by Gasteiger charge is -2.21. The SMILES string of the molecule is CC(CN)N1CC(c2cccc(F)c2)NC1=O. The molecule has 0 aliphatic carbocycles. The highest BCUT2D eigenvalue weighted by Crippen LogP contribution is 2.22. The van der Waals surface area contributed by atoms with E-state index in [1.165, 1.54) is 12.1 Å². The molecule has 2 amide bonds. The number of nitrogens with zero attached hydrogens (tertiary/aromatic N) is 1. The lowest BCUT2D eigenvalue weighted by molar-refractivity contribution is 0.203. The van der Waals surface area contributed by atoms with E-state index in [0.29, 0.717) is 13.1 Å². The van der Waals surface area contributed by atoms with Crippen molar-refractivity contribution in [1.82, 2.24) is 10.2 Å². The first-order chi connectivity index (χ1) is 8.11.